The van der Waals surface area contributed by atoms with Crippen LogP contribution >= 0.6 is 0 Å². The van der Waals surface area contributed by atoms with Gasteiger partial charge in [-0.3, -0.25) is 14.5 Å². The topological polar surface area (TPSA) is 93.7 Å². The fourth-order valence-corrected chi connectivity index (χ4v) is 5.38. The number of fused-ring (bicyclic) bond motifs is 2. The Morgan fingerprint density at radius 2 is 2.06 bits per heavy atom. The number of hydrogen-bond donors (Lipinski definition) is 1. The summed E-state index contributed by atoms with van der Waals surface area (Å²) in [4.78, 5) is 30.7. The zero-order chi connectivity index (χ0) is 23.2. The molecule has 10 heteroatoms. The van der Waals surface area contributed by atoms with Gasteiger partial charge < -0.3 is 15.5 Å². The van der Waals surface area contributed by atoms with Gasteiger partial charge in [0.05, 0.1) is 29.8 Å². The third-order valence-electron chi connectivity index (χ3n) is 6.88. The predicted molar refractivity (Wildman–Crippen MR) is 109 cm³/mol. The molecule has 3 fully saturated rings. The van der Waals surface area contributed by atoms with Gasteiger partial charge in [0.1, 0.15) is 6.04 Å². The summed E-state index contributed by atoms with van der Waals surface area (Å²) in [6.45, 7) is 2.76. The van der Waals surface area contributed by atoms with E-state index in [0.717, 1.165) is 12.5 Å². The second kappa shape index (κ2) is 8.37. The Balaban J connectivity index is 1.44. The molecule has 2 N–H and O–H groups in total. The number of benzene rings is 1. The molecule has 2 amide bonds. The molecule has 7 nitrogen and oxygen atoms in total. The zero-order valence-corrected chi connectivity index (χ0v) is 17.8. The number of amides is 2. The van der Waals surface area contributed by atoms with Crippen LogP contribution in [0.1, 0.15) is 43.4 Å². The Kier molecular flexibility index (Phi) is 5.90. The van der Waals surface area contributed by atoms with Gasteiger partial charge in [-0.05, 0) is 37.8 Å². The van der Waals surface area contributed by atoms with Gasteiger partial charge in [-0.2, -0.15) is 18.4 Å². The number of carbonyl (C=O) groups excluding carboxylic acids is 2. The molecule has 0 saturated carbocycles. The van der Waals surface area contributed by atoms with Crippen molar-refractivity contribution in [1.29, 1.82) is 5.26 Å². The fourth-order valence-electron chi connectivity index (χ4n) is 5.38. The molecule has 172 valence electrons. The number of alkyl halides is 3. The molecule has 32 heavy (non-hydrogen) atoms. The molecule has 0 aliphatic carbocycles. The van der Waals surface area contributed by atoms with Crippen LogP contribution < -0.4 is 5.73 Å². The van der Waals surface area contributed by atoms with Crippen LogP contribution in [0.4, 0.5) is 13.2 Å². The van der Waals surface area contributed by atoms with Gasteiger partial charge in [-0.25, -0.2) is 0 Å². The normalized spacial score (nSPS) is 27.6. The van der Waals surface area contributed by atoms with Crippen LogP contribution in [0.25, 0.3) is 0 Å². The minimum Gasteiger partial charge on any atom is -0.330 e. The van der Waals surface area contributed by atoms with Crippen molar-refractivity contribution in [3.05, 3.63) is 35.4 Å². The SMILES string of the molecule is C[C@@H](c1ccccc1C(F)(F)F)N1C(=O)[C@@H]2C[C@H]1CN2C[C@H](N)C(=O)N1CCC[C@H]1C#N. The number of nitrogens with zero attached hydrogens (tertiary/aromatic N) is 4. The van der Waals surface area contributed by atoms with Gasteiger partial charge in [-0.1, -0.05) is 18.2 Å². The van der Waals surface area contributed by atoms with Crippen LogP contribution in [0.5, 0.6) is 0 Å². The summed E-state index contributed by atoms with van der Waals surface area (Å²) in [6.07, 6.45) is -2.60. The second-order valence-corrected chi connectivity index (χ2v) is 8.79. The summed E-state index contributed by atoms with van der Waals surface area (Å²) in [6, 6.07) is 4.70. The largest absolute Gasteiger partial charge is 0.416 e. The molecule has 3 heterocycles. The molecule has 3 saturated heterocycles. The van der Waals surface area contributed by atoms with E-state index in [1.807, 2.05) is 4.90 Å². The van der Waals surface area contributed by atoms with Crippen LogP contribution in [0.15, 0.2) is 24.3 Å². The maximum atomic E-state index is 13.5. The number of nitrogens with two attached hydrogens (primary N) is 1. The van der Waals surface area contributed by atoms with Crippen LogP contribution in [0.3, 0.4) is 0 Å². The van der Waals surface area contributed by atoms with E-state index in [9.17, 15) is 28.0 Å². The first kappa shape index (κ1) is 22.6. The Morgan fingerprint density at radius 3 is 2.72 bits per heavy atom. The van der Waals surface area contributed by atoms with E-state index in [1.165, 1.54) is 17.0 Å². The van der Waals surface area contributed by atoms with Crippen LogP contribution in [-0.2, 0) is 15.8 Å². The Morgan fingerprint density at radius 1 is 1.34 bits per heavy atom. The molecule has 5 atom stereocenters. The van der Waals surface area contributed by atoms with Crippen LogP contribution in [-0.4, -0.2) is 70.3 Å². The van der Waals surface area contributed by atoms with Gasteiger partial charge in [0.25, 0.3) is 0 Å². The number of piperazine rings is 1. The molecular weight excluding hydrogens is 423 g/mol. The highest BCUT2D eigenvalue weighted by Crippen LogP contribution is 2.41. The molecular formula is C22H26F3N5O2. The lowest BCUT2D eigenvalue weighted by Crippen LogP contribution is -2.56. The molecule has 0 radical (unpaired) electrons. The van der Waals surface area contributed by atoms with E-state index in [2.05, 4.69) is 6.07 Å². The lowest BCUT2D eigenvalue weighted by molar-refractivity contribution is -0.143. The zero-order valence-electron chi connectivity index (χ0n) is 17.8. The first-order valence-electron chi connectivity index (χ1n) is 10.8. The lowest BCUT2D eigenvalue weighted by atomic mass is 9.99. The van der Waals surface area contributed by atoms with Gasteiger partial charge >= 0.3 is 6.18 Å². The van der Waals surface area contributed by atoms with Crippen molar-refractivity contribution in [2.75, 3.05) is 19.6 Å². The summed E-state index contributed by atoms with van der Waals surface area (Å²) < 4.78 is 40.4. The number of carbonyl (C=O) groups is 2. The predicted octanol–water partition coefficient (Wildman–Crippen LogP) is 1.89. The van der Waals surface area contributed by atoms with Crippen LogP contribution in [0, 0.1) is 11.3 Å². The number of rotatable bonds is 5. The second-order valence-electron chi connectivity index (χ2n) is 8.79. The van der Waals surface area contributed by atoms with Gasteiger partial charge in [0, 0.05) is 25.7 Å². The van der Waals surface area contributed by atoms with Crippen molar-refractivity contribution < 1.29 is 22.8 Å². The van der Waals surface area contributed by atoms with E-state index in [0.29, 0.717) is 25.9 Å². The molecule has 3 aliphatic rings. The number of likely N-dealkylation sites (tertiary alicyclic amines) is 3. The highest BCUT2D eigenvalue weighted by molar-refractivity contribution is 5.87. The van der Waals surface area contributed by atoms with E-state index in [1.54, 1.807) is 17.9 Å². The van der Waals surface area contributed by atoms with Crippen molar-refractivity contribution in [2.45, 2.75) is 62.6 Å². The van der Waals surface area contributed by atoms with Gasteiger partial charge in [-0.15, -0.1) is 0 Å². The molecule has 2 bridgehead atoms. The minimum absolute atomic E-state index is 0.0795. The average Bonchev–Trinajstić information content (AvgIpc) is 3.46. The molecule has 1 aromatic rings. The maximum absolute atomic E-state index is 13.5. The minimum atomic E-state index is -4.50. The number of nitriles is 1. The fraction of sp³-hybridized carbons (Fsp3) is 0.591. The molecule has 0 aromatic heterocycles. The van der Waals surface area contributed by atoms with E-state index in [4.69, 9.17) is 5.73 Å². The number of hydrogen-bond acceptors (Lipinski definition) is 5. The highest BCUT2D eigenvalue weighted by atomic mass is 19.4. The first-order chi connectivity index (χ1) is 15.1. The smallest absolute Gasteiger partial charge is 0.330 e. The molecule has 0 spiro atoms. The lowest BCUT2D eigenvalue weighted by Gasteiger charge is -2.39. The quantitative estimate of drug-likeness (QED) is 0.741. The van der Waals surface area contributed by atoms with E-state index < -0.39 is 35.9 Å². The summed E-state index contributed by atoms with van der Waals surface area (Å²) in [5, 5.41) is 9.20. The van der Waals surface area contributed by atoms with Crippen molar-refractivity contribution in [3.8, 4) is 6.07 Å². The molecule has 3 aliphatic heterocycles. The van der Waals surface area contributed by atoms with Crippen molar-refractivity contribution in [3.63, 3.8) is 0 Å². The summed E-state index contributed by atoms with van der Waals surface area (Å²) in [5.41, 5.74) is 5.48. The summed E-state index contributed by atoms with van der Waals surface area (Å²) >= 11 is 0. The third-order valence-corrected chi connectivity index (χ3v) is 6.88. The summed E-state index contributed by atoms with van der Waals surface area (Å²) in [7, 11) is 0. The monoisotopic (exact) mass is 449 g/mol. The highest BCUT2D eigenvalue weighted by Gasteiger charge is 2.52. The summed E-state index contributed by atoms with van der Waals surface area (Å²) in [5.74, 6) is -0.532. The van der Waals surface area contributed by atoms with Gasteiger partial charge in [0.15, 0.2) is 0 Å². The van der Waals surface area contributed by atoms with Crippen molar-refractivity contribution in [1.82, 2.24) is 14.7 Å². The maximum Gasteiger partial charge on any atom is 0.416 e. The molecule has 1 aromatic carbocycles. The van der Waals surface area contributed by atoms with E-state index in [-0.39, 0.29) is 30.0 Å². The van der Waals surface area contributed by atoms with Gasteiger partial charge in [0.2, 0.25) is 11.8 Å². The van der Waals surface area contributed by atoms with Crippen LogP contribution in [0.2, 0.25) is 0 Å². The third kappa shape index (κ3) is 3.84. The van der Waals surface area contributed by atoms with Crippen molar-refractivity contribution in [2.24, 2.45) is 5.73 Å². The molecule has 4 rings (SSSR count). The Hall–Kier alpha value is -2.64. The average molecular weight is 449 g/mol. The number of halogens is 3. The standard InChI is InChI=1S/C22H26F3N5O2/c1-13(16-6-2-3-7-17(16)22(23,24)25)30-15-9-19(21(30)32)28(11-15)12-18(27)20(31)29-8-4-5-14(29)10-26/h2-3,6-7,13-15,18-19H,4-5,8-9,11-12,27H2,1H3/t13-,14-,15-,18-,19-/m0/s1. The first-order valence-corrected chi connectivity index (χ1v) is 10.8. The Labute approximate surface area is 184 Å². The Bertz CT molecular complexity index is 946. The van der Waals surface area contributed by atoms with E-state index >= 15 is 0 Å². The van der Waals surface area contributed by atoms with Crippen molar-refractivity contribution >= 4 is 11.8 Å². The molecule has 0 unspecified atom stereocenters.